The van der Waals surface area contributed by atoms with Gasteiger partial charge in [0, 0.05) is 18.3 Å². The molecule has 0 aliphatic heterocycles. The first kappa shape index (κ1) is 8.81. The van der Waals surface area contributed by atoms with Gasteiger partial charge in [0.1, 0.15) is 11.6 Å². The summed E-state index contributed by atoms with van der Waals surface area (Å²) in [6.45, 7) is 1.98. The van der Waals surface area contributed by atoms with Gasteiger partial charge < -0.3 is 10.1 Å². The number of imidazole rings is 1. The Bertz CT molecular complexity index is 417. The van der Waals surface area contributed by atoms with Gasteiger partial charge in [0.2, 0.25) is 0 Å². The normalized spacial score (nSPS) is 10.4. The molecule has 0 amide bonds. The number of benzene rings is 1. The van der Waals surface area contributed by atoms with Crippen LogP contribution in [-0.2, 0) is 6.42 Å². The van der Waals surface area contributed by atoms with E-state index in [1.54, 1.807) is 12.1 Å². The Balaban J connectivity index is 2.15. The molecule has 0 saturated heterocycles. The molecule has 0 bridgehead atoms. The summed E-state index contributed by atoms with van der Waals surface area (Å²) >= 11 is 0. The molecular formula is C11H12N2O. The van der Waals surface area contributed by atoms with E-state index in [9.17, 15) is 0 Å². The van der Waals surface area contributed by atoms with Crippen molar-refractivity contribution in [2.75, 3.05) is 0 Å². The summed E-state index contributed by atoms with van der Waals surface area (Å²) in [5.41, 5.74) is 2.20. The van der Waals surface area contributed by atoms with Crippen LogP contribution in [-0.4, -0.2) is 15.1 Å². The number of phenolic OH excluding ortho intramolecular Hbond substituents is 1. The predicted octanol–water partition coefficient (Wildman–Crippen LogP) is 2.01. The minimum absolute atomic E-state index is 0.296. The second kappa shape index (κ2) is 3.54. The van der Waals surface area contributed by atoms with Crippen molar-refractivity contribution in [2.24, 2.45) is 0 Å². The quantitative estimate of drug-likeness (QED) is 0.757. The number of nitrogens with zero attached hydrogens (tertiary/aromatic N) is 1. The van der Waals surface area contributed by atoms with Crippen LogP contribution >= 0.6 is 0 Å². The summed E-state index contributed by atoms with van der Waals surface area (Å²) in [5, 5.41) is 9.10. The highest BCUT2D eigenvalue weighted by Crippen LogP contribution is 2.12. The van der Waals surface area contributed by atoms with Gasteiger partial charge in [-0.2, -0.15) is 0 Å². The molecule has 2 aromatic rings. The molecule has 3 nitrogen and oxygen atoms in total. The summed E-state index contributed by atoms with van der Waals surface area (Å²) in [5.74, 6) is 1.25. The van der Waals surface area contributed by atoms with E-state index in [1.807, 2.05) is 25.3 Å². The fourth-order valence-corrected chi connectivity index (χ4v) is 1.36. The smallest absolute Gasteiger partial charge is 0.115 e. The van der Waals surface area contributed by atoms with Gasteiger partial charge in [-0.15, -0.1) is 0 Å². The zero-order valence-electron chi connectivity index (χ0n) is 7.99. The molecule has 1 heterocycles. The number of rotatable bonds is 2. The number of H-pyrrole nitrogens is 1. The average Bonchev–Trinajstić information content (AvgIpc) is 2.56. The lowest BCUT2D eigenvalue weighted by molar-refractivity contribution is 0.475. The van der Waals surface area contributed by atoms with Gasteiger partial charge in [-0.25, -0.2) is 4.98 Å². The van der Waals surface area contributed by atoms with Crippen LogP contribution in [0.1, 0.15) is 17.1 Å². The van der Waals surface area contributed by atoms with Crippen LogP contribution in [0.2, 0.25) is 0 Å². The van der Waals surface area contributed by atoms with E-state index in [1.165, 1.54) is 0 Å². The Labute approximate surface area is 82.4 Å². The standard InChI is InChI=1S/C11H12N2O/c1-8-7-12-11(13-8)6-9-2-4-10(14)5-3-9/h2-5,7,14H,6H2,1H3,(H,12,13). The van der Waals surface area contributed by atoms with E-state index in [-0.39, 0.29) is 0 Å². The lowest BCUT2D eigenvalue weighted by atomic mass is 10.1. The summed E-state index contributed by atoms with van der Waals surface area (Å²) < 4.78 is 0. The van der Waals surface area contributed by atoms with E-state index in [0.29, 0.717) is 5.75 Å². The molecule has 0 radical (unpaired) electrons. The van der Waals surface area contributed by atoms with Crippen molar-refractivity contribution in [3.63, 3.8) is 0 Å². The monoisotopic (exact) mass is 188 g/mol. The lowest BCUT2D eigenvalue weighted by Gasteiger charge is -1.98. The van der Waals surface area contributed by atoms with Crippen molar-refractivity contribution in [3.8, 4) is 5.75 Å². The summed E-state index contributed by atoms with van der Waals surface area (Å²) in [6.07, 6.45) is 2.59. The largest absolute Gasteiger partial charge is 0.508 e. The number of phenols is 1. The van der Waals surface area contributed by atoms with Gasteiger partial charge in [0.25, 0.3) is 0 Å². The van der Waals surface area contributed by atoms with Crippen molar-refractivity contribution < 1.29 is 5.11 Å². The van der Waals surface area contributed by atoms with Gasteiger partial charge in [0.05, 0.1) is 0 Å². The molecule has 72 valence electrons. The molecule has 0 fully saturated rings. The first-order valence-corrected chi connectivity index (χ1v) is 4.52. The molecule has 0 spiro atoms. The van der Waals surface area contributed by atoms with Gasteiger partial charge in [-0.3, -0.25) is 0 Å². The van der Waals surface area contributed by atoms with E-state index in [4.69, 9.17) is 5.11 Å². The number of aromatic nitrogens is 2. The lowest BCUT2D eigenvalue weighted by Crippen LogP contribution is -1.89. The molecule has 2 rings (SSSR count). The Morgan fingerprint density at radius 1 is 1.29 bits per heavy atom. The highest BCUT2D eigenvalue weighted by atomic mass is 16.3. The highest BCUT2D eigenvalue weighted by molar-refractivity contribution is 5.27. The Morgan fingerprint density at radius 3 is 2.57 bits per heavy atom. The maximum absolute atomic E-state index is 9.10. The molecule has 0 saturated carbocycles. The third-order valence-corrected chi connectivity index (χ3v) is 2.06. The van der Waals surface area contributed by atoms with Gasteiger partial charge in [0.15, 0.2) is 0 Å². The van der Waals surface area contributed by atoms with Crippen molar-refractivity contribution in [1.29, 1.82) is 0 Å². The minimum atomic E-state index is 0.296. The summed E-state index contributed by atoms with van der Waals surface area (Å²) in [7, 11) is 0. The SMILES string of the molecule is Cc1cnc(Cc2ccc(O)cc2)[nH]1. The molecule has 0 aliphatic rings. The fraction of sp³-hybridized carbons (Fsp3) is 0.182. The molecule has 0 atom stereocenters. The first-order valence-electron chi connectivity index (χ1n) is 4.52. The van der Waals surface area contributed by atoms with Crippen molar-refractivity contribution >= 4 is 0 Å². The third-order valence-electron chi connectivity index (χ3n) is 2.06. The van der Waals surface area contributed by atoms with Crippen LogP contribution < -0.4 is 0 Å². The van der Waals surface area contributed by atoms with Crippen LogP contribution in [0.5, 0.6) is 5.75 Å². The van der Waals surface area contributed by atoms with Crippen LogP contribution in [0.25, 0.3) is 0 Å². The predicted molar refractivity (Wildman–Crippen MR) is 54.2 cm³/mol. The number of aromatic hydroxyl groups is 1. The minimum Gasteiger partial charge on any atom is -0.508 e. The maximum Gasteiger partial charge on any atom is 0.115 e. The number of aromatic amines is 1. The second-order valence-electron chi connectivity index (χ2n) is 3.36. The average molecular weight is 188 g/mol. The van der Waals surface area contributed by atoms with Gasteiger partial charge in [-0.05, 0) is 24.6 Å². The van der Waals surface area contributed by atoms with Crippen molar-refractivity contribution in [1.82, 2.24) is 9.97 Å². The number of hydrogen-bond acceptors (Lipinski definition) is 2. The Kier molecular flexibility index (Phi) is 2.23. The fourth-order valence-electron chi connectivity index (χ4n) is 1.36. The van der Waals surface area contributed by atoms with E-state index < -0.39 is 0 Å². The molecule has 2 N–H and O–H groups in total. The van der Waals surface area contributed by atoms with Gasteiger partial charge in [-0.1, -0.05) is 12.1 Å². The second-order valence-corrected chi connectivity index (χ2v) is 3.36. The number of nitrogens with one attached hydrogen (secondary N) is 1. The van der Waals surface area contributed by atoms with Crippen LogP contribution in [0.3, 0.4) is 0 Å². The number of aryl methyl sites for hydroxylation is 1. The third kappa shape index (κ3) is 1.93. The Morgan fingerprint density at radius 2 is 2.00 bits per heavy atom. The molecule has 1 aromatic carbocycles. The molecule has 14 heavy (non-hydrogen) atoms. The maximum atomic E-state index is 9.10. The zero-order valence-corrected chi connectivity index (χ0v) is 7.99. The molecule has 1 aromatic heterocycles. The molecule has 3 heteroatoms. The number of hydrogen-bond donors (Lipinski definition) is 2. The van der Waals surface area contributed by atoms with E-state index >= 15 is 0 Å². The topological polar surface area (TPSA) is 48.9 Å². The van der Waals surface area contributed by atoms with Gasteiger partial charge >= 0.3 is 0 Å². The van der Waals surface area contributed by atoms with E-state index in [0.717, 1.165) is 23.5 Å². The highest BCUT2D eigenvalue weighted by Gasteiger charge is 1.99. The van der Waals surface area contributed by atoms with Crippen molar-refractivity contribution in [2.45, 2.75) is 13.3 Å². The van der Waals surface area contributed by atoms with Crippen molar-refractivity contribution in [3.05, 3.63) is 47.5 Å². The molecular weight excluding hydrogens is 176 g/mol. The summed E-state index contributed by atoms with van der Waals surface area (Å²) in [4.78, 5) is 7.38. The van der Waals surface area contributed by atoms with Crippen LogP contribution in [0, 0.1) is 6.92 Å². The zero-order chi connectivity index (χ0) is 9.97. The molecule has 0 aliphatic carbocycles. The Hall–Kier alpha value is -1.77. The van der Waals surface area contributed by atoms with E-state index in [2.05, 4.69) is 9.97 Å². The summed E-state index contributed by atoms with van der Waals surface area (Å²) in [6, 6.07) is 7.16. The first-order chi connectivity index (χ1) is 6.74. The van der Waals surface area contributed by atoms with Crippen LogP contribution in [0.4, 0.5) is 0 Å². The molecule has 0 unspecified atom stereocenters. The van der Waals surface area contributed by atoms with Crippen LogP contribution in [0.15, 0.2) is 30.5 Å².